The van der Waals surface area contributed by atoms with E-state index < -0.39 is 10.0 Å². The number of halogens is 1. The molecule has 19 heavy (non-hydrogen) atoms. The second-order valence-electron chi connectivity index (χ2n) is 3.69. The normalized spacial score (nSPS) is 15.2. The van der Waals surface area contributed by atoms with Crippen LogP contribution in [0.1, 0.15) is 0 Å². The van der Waals surface area contributed by atoms with E-state index >= 15 is 0 Å². The molecule has 1 heterocycles. The fraction of sp³-hybridized carbons (Fsp3) is 0.250. The molecule has 0 aromatic heterocycles. The second kappa shape index (κ2) is 5.87. The van der Waals surface area contributed by atoms with Crippen molar-refractivity contribution in [3.05, 3.63) is 29.3 Å². The van der Waals surface area contributed by atoms with Crippen molar-refractivity contribution in [3.8, 4) is 12.3 Å². The summed E-state index contributed by atoms with van der Waals surface area (Å²) in [4.78, 5) is 4.37. The van der Waals surface area contributed by atoms with Crippen LogP contribution in [0.3, 0.4) is 0 Å². The Balaban J connectivity index is 2.27. The number of amidine groups is 1. The maximum atomic E-state index is 12.5. The number of hydrogen-bond acceptors (Lipinski definition) is 4. The molecule has 1 aliphatic rings. The van der Waals surface area contributed by atoms with E-state index in [-0.39, 0.29) is 4.90 Å². The minimum absolute atomic E-state index is 0.202. The summed E-state index contributed by atoms with van der Waals surface area (Å²) in [5.41, 5.74) is 0. The van der Waals surface area contributed by atoms with Crippen molar-refractivity contribution in [1.82, 2.24) is 4.31 Å². The van der Waals surface area contributed by atoms with Gasteiger partial charge in [0.15, 0.2) is 5.17 Å². The van der Waals surface area contributed by atoms with Crippen LogP contribution in [0.15, 0.2) is 34.2 Å². The molecule has 0 aliphatic carbocycles. The van der Waals surface area contributed by atoms with Crippen molar-refractivity contribution in [3.63, 3.8) is 0 Å². The molecule has 0 fully saturated rings. The Kier molecular flexibility index (Phi) is 4.40. The van der Waals surface area contributed by atoms with Gasteiger partial charge in [-0.1, -0.05) is 29.3 Å². The first-order valence-electron chi connectivity index (χ1n) is 5.45. The molecule has 0 unspecified atom stereocenters. The molecule has 0 saturated heterocycles. The first-order valence-corrected chi connectivity index (χ1v) is 8.25. The Bertz CT molecular complexity index is 633. The highest BCUT2D eigenvalue weighted by atomic mass is 35.5. The van der Waals surface area contributed by atoms with E-state index in [0.717, 1.165) is 0 Å². The lowest BCUT2D eigenvalue weighted by atomic mass is 10.4. The van der Waals surface area contributed by atoms with Crippen molar-refractivity contribution in [1.29, 1.82) is 0 Å². The first kappa shape index (κ1) is 14.3. The van der Waals surface area contributed by atoms with Gasteiger partial charge in [-0.25, -0.2) is 12.7 Å². The van der Waals surface area contributed by atoms with Crippen LogP contribution in [-0.2, 0) is 10.0 Å². The lowest BCUT2D eigenvalue weighted by molar-refractivity contribution is 0.540. The second-order valence-corrected chi connectivity index (χ2v) is 6.93. The van der Waals surface area contributed by atoms with Crippen LogP contribution in [0.25, 0.3) is 0 Å². The van der Waals surface area contributed by atoms with Gasteiger partial charge < -0.3 is 0 Å². The number of terminal acetylenes is 1. The molecule has 1 aliphatic heterocycles. The maximum Gasteiger partial charge on any atom is 0.265 e. The van der Waals surface area contributed by atoms with E-state index in [4.69, 9.17) is 18.0 Å². The number of thioether (sulfide) groups is 1. The number of aliphatic imine (C=N–C) groups is 1. The number of nitrogens with zero attached hydrogens (tertiary/aromatic N) is 2. The van der Waals surface area contributed by atoms with E-state index in [2.05, 4.69) is 10.9 Å². The molecule has 0 saturated carbocycles. The molecule has 1 aromatic rings. The summed E-state index contributed by atoms with van der Waals surface area (Å²) in [5, 5.41) is 0.948. The molecular formula is C12H11ClN2O2S2. The minimum Gasteiger partial charge on any atom is -0.260 e. The van der Waals surface area contributed by atoms with Crippen LogP contribution in [-0.4, -0.2) is 36.7 Å². The summed E-state index contributed by atoms with van der Waals surface area (Å²) in [6.45, 7) is 0.803. The fourth-order valence-corrected chi connectivity index (χ4v) is 4.12. The topological polar surface area (TPSA) is 49.7 Å². The molecular weight excluding hydrogens is 304 g/mol. The van der Waals surface area contributed by atoms with Crippen molar-refractivity contribution >= 4 is 38.6 Å². The van der Waals surface area contributed by atoms with E-state index in [1.165, 1.54) is 28.2 Å². The maximum absolute atomic E-state index is 12.5. The molecule has 100 valence electrons. The minimum atomic E-state index is -3.58. The Labute approximate surface area is 121 Å². The van der Waals surface area contributed by atoms with E-state index in [0.29, 0.717) is 29.0 Å². The molecule has 0 spiro atoms. The van der Waals surface area contributed by atoms with Gasteiger partial charge in [-0.3, -0.25) is 4.99 Å². The predicted octanol–water partition coefficient (Wildman–Crippen LogP) is 2.07. The molecule has 0 radical (unpaired) electrons. The molecule has 2 rings (SSSR count). The van der Waals surface area contributed by atoms with E-state index in [1.807, 2.05) is 0 Å². The Hall–Kier alpha value is -1.16. The molecule has 0 atom stereocenters. The lowest BCUT2D eigenvalue weighted by Gasteiger charge is -2.19. The third kappa shape index (κ3) is 3.06. The van der Waals surface area contributed by atoms with Gasteiger partial charge in [0, 0.05) is 5.02 Å². The number of sulfonamides is 1. The smallest absolute Gasteiger partial charge is 0.260 e. The largest absolute Gasteiger partial charge is 0.265 e. The van der Waals surface area contributed by atoms with Gasteiger partial charge in [0.2, 0.25) is 0 Å². The van der Waals surface area contributed by atoms with E-state index in [9.17, 15) is 8.42 Å². The molecule has 4 nitrogen and oxygen atoms in total. The third-order valence-electron chi connectivity index (χ3n) is 2.45. The SMILES string of the molecule is C#CCSC1=NCCN1S(=O)(=O)c1ccc(Cl)cc1. The van der Waals surface area contributed by atoms with Crippen LogP contribution in [0.4, 0.5) is 0 Å². The van der Waals surface area contributed by atoms with Crippen LogP contribution in [0, 0.1) is 12.3 Å². The highest BCUT2D eigenvalue weighted by Crippen LogP contribution is 2.24. The van der Waals surface area contributed by atoms with Crippen molar-refractivity contribution < 1.29 is 8.42 Å². The van der Waals surface area contributed by atoms with Gasteiger partial charge in [-0.05, 0) is 24.3 Å². The third-order valence-corrected chi connectivity index (χ3v) is 5.54. The Morgan fingerprint density at radius 1 is 1.42 bits per heavy atom. The Morgan fingerprint density at radius 3 is 2.74 bits per heavy atom. The lowest BCUT2D eigenvalue weighted by Crippen LogP contribution is -2.32. The summed E-state index contributed by atoms with van der Waals surface area (Å²) >= 11 is 7.01. The highest BCUT2D eigenvalue weighted by molar-refractivity contribution is 8.15. The summed E-state index contributed by atoms with van der Waals surface area (Å²) in [7, 11) is -3.58. The quantitative estimate of drug-likeness (QED) is 0.803. The van der Waals surface area contributed by atoms with Gasteiger partial charge in [0.1, 0.15) is 0 Å². The van der Waals surface area contributed by atoms with Crippen molar-refractivity contribution in [2.75, 3.05) is 18.8 Å². The van der Waals surface area contributed by atoms with Crippen molar-refractivity contribution in [2.24, 2.45) is 4.99 Å². The number of rotatable bonds is 3. The molecule has 0 bridgehead atoms. The van der Waals surface area contributed by atoms with Crippen molar-refractivity contribution in [2.45, 2.75) is 4.90 Å². The molecule has 0 N–H and O–H groups in total. The average molecular weight is 315 g/mol. The van der Waals surface area contributed by atoms with Gasteiger partial charge in [0.05, 0.1) is 23.7 Å². The zero-order valence-corrected chi connectivity index (χ0v) is 12.3. The van der Waals surface area contributed by atoms with Crippen LogP contribution in [0.2, 0.25) is 5.02 Å². The van der Waals surface area contributed by atoms with Crippen LogP contribution >= 0.6 is 23.4 Å². The van der Waals surface area contributed by atoms with Gasteiger partial charge in [0.25, 0.3) is 10.0 Å². The monoisotopic (exact) mass is 314 g/mol. The average Bonchev–Trinajstić information content (AvgIpc) is 2.86. The molecule has 0 amide bonds. The number of benzene rings is 1. The van der Waals surface area contributed by atoms with Crippen LogP contribution in [0.5, 0.6) is 0 Å². The zero-order chi connectivity index (χ0) is 13.9. The summed E-state index contributed by atoms with van der Waals surface area (Å²) in [6, 6.07) is 6.07. The first-order chi connectivity index (χ1) is 9.05. The van der Waals surface area contributed by atoms with Gasteiger partial charge in [-0.2, -0.15) is 0 Å². The summed E-state index contributed by atoms with van der Waals surface area (Å²) < 4.78 is 26.2. The highest BCUT2D eigenvalue weighted by Gasteiger charge is 2.30. The van der Waals surface area contributed by atoms with E-state index in [1.54, 1.807) is 12.1 Å². The van der Waals surface area contributed by atoms with Gasteiger partial charge in [-0.15, -0.1) is 6.42 Å². The van der Waals surface area contributed by atoms with Crippen LogP contribution < -0.4 is 0 Å². The zero-order valence-electron chi connectivity index (χ0n) is 9.91. The standard InChI is InChI=1S/C12H11ClN2O2S2/c1-2-9-18-12-14-7-8-15(12)19(16,17)11-5-3-10(13)4-6-11/h1,3-6H,7-9H2. The molecule has 1 aromatic carbocycles. The number of hydrogen-bond donors (Lipinski definition) is 0. The Morgan fingerprint density at radius 2 is 2.11 bits per heavy atom. The summed E-state index contributed by atoms with van der Waals surface area (Å²) in [5.74, 6) is 2.85. The van der Waals surface area contributed by atoms with Gasteiger partial charge >= 0.3 is 0 Å². The molecule has 7 heteroatoms. The predicted molar refractivity (Wildman–Crippen MR) is 78.9 cm³/mol. The summed E-state index contributed by atoms with van der Waals surface area (Å²) in [6.07, 6.45) is 5.18. The fourth-order valence-electron chi connectivity index (χ4n) is 1.59.